The highest BCUT2D eigenvalue weighted by atomic mass is 19.4. The minimum absolute atomic E-state index is 0.131. The Labute approximate surface area is 95.6 Å². The number of fused-ring (bicyclic) bond motifs is 1. The fourth-order valence-corrected chi connectivity index (χ4v) is 2.21. The van der Waals surface area contributed by atoms with Gasteiger partial charge in [-0.1, -0.05) is 12.1 Å². The Morgan fingerprint density at radius 2 is 1.94 bits per heavy atom. The number of para-hydroxylation sites is 1. The number of hydrogen-bond acceptors (Lipinski definition) is 1. The number of nitrogens with one attached hydrogen (secondary N) is 1. The molecule has 2 aromatic rings. The number of rotatable bonds is 1. The number of aromatic amines is 1. The van der Waals surface area contributed by atoms with Gasteiger partial charge in [-0.2, -0.15) is 13.2 Å². The maximum absolute atomic E-state index is 12.8. The van der Waals surface area contributed by atoms with Gasteiger partial charge < -0.3 is 10.7 Å². The smallest absolute Gasteiger partial charge is 0.360 e. The van der Waals surface area contributed by atoms with Gasteiger partial charge in [-0.05, 0) is 24.5 Å². The van der Waals surface area contributed by atoms with Crippen molar-refractivity contribution in [3.63, 3.8) is 0 Å². The van der Waals surface area contributed by atoms with Crippen molar-refractivity contribution in [3.8, 4) is 0 Å². The van der Waals surface area contributed by atoms with Crippen LogP contribution in [0.1, 0.15) is 24.0 Å². The number of benzene rings is 1. The van der Waals surface area contributed by atoms with E-state index in [1.165, 1.54) is 6.07 Å². The van der Waals surface area contributed by atoms with Crippen LogP contribution in [0.5, 0.6) is 0 Å². The van der Waals surface area contributed by atoms with Gasteiger partial charge in [0.25, 0.3) is 0 Å². The molecular weight excluding hydrogens is 229 g/mol. The summed E-state index contributed by atoms with van der Waals surface area (Å²) in [5, 5.41) is 0.583. The molecule has 1 aromatic carbocycles. The van der Waals surface area contributed by atoms with Gasteiger partial charge in [0.1, 0.15) is 0 Å². The zero-order valence-electron chi connectivity index (χ0n) is 8.93. The lowest BCUT2D eigenvalue weighted by molar-refractivity contribution is -0.136. The van der Waals surface area contributed by atoms with Gasteiger partial charge in [0.05, 0.1) is 11.1 Å². The van der Waals surface area contributed by atoms with Gasteiger partial charge in [0.2, 0.25) is 0 Å². The van der Waals surface area contributed by atoms with Crippen molar-refractivity contribution in [2.75, 3.05) is 0 Å². The zero-order chi connectivity index (χ0) is 12.3. The quantitative estimate of drug-likeness (QED) is 0.790. The highest BCUT2D eigenvalue weighted by Crippen LogP contribution is 2.46. The Kier molecular flexibility index (Phi) is 1.91. The molecule has 0 bridgehead atoms. The molecule has 5 heteroatoms. The molecule has 0 unspecified atom stereocenters. The van der Waals surface area contributed by atoms with E-state index in [0.29, 0.717) is 5.39 Å². The molecule has 1 aromatic heterocycles. The molecule has 0 aliphatic heterocycles. The lowest BCUT2D eigenvalue weighted by Crippen LogP contribution is -2.18. The molecule has 1 heterocycles. The molecule has 1 fully saturated rings. The molecule has 0 atom stereocenters. The first-order chi connectivity index (χ1) is 7.92. The van der Waals surface area contributed by atoms with Crippen LogP contribution in [0.25, 0.3) is 10.9 Å². The second-order valence-corrected chi connectivity index (χ2v) is 4.58. The Hall–Kier alpha value is -1.49. The van der Waals surface area contributed by atoms with Crippen LogP contribution in [0.15, 0.2) is 24.4 Å². The van der Waals surface area contributed by atoms with Gasteiger partial charge in [-0.25, -0.2) is 0 Å². The van der Waals surface area contributed by atoms with Crippen LogP contribution in [0.3, 0.4) is 0 Å². The van der Waals surface area contributed by atoms with Crippen LogP contribution in [0.2, 0.25) is 0 Å². The molecule has 1 aliphatic carbocycles. The molecule has 3 rings (SSSR count). The second kappa shape index (κ2) is 3.04. The summed E-state index contributed by atoms with van der Waals surface area (Å²) in [7, 11) is 0. The summed E-state index contributed by atoms with van der Waals surface area (Å²) >= 11 is 0. The fourth-order valence-electron chi connectivity index (χ4n) is 2.21. The van der Waals surface area contributed by atoms with E-state index in [-0.39, 0.29) is 5.52 Å². The summed E-state index contributed by atoms with van der Waals surface area (Å²) < 4.78 is 38.4. The van der Waals surface area contributed by atoms with Crippen LogP contribution in [-0.4, -0.2) is 4.98 Å². The third-order valence-corrected chi connectivity index (χ3v) is 3.35. The monoisotopic (exact) mass is 240 g/mol. The predicted octanol–water partition coefficient (Wildman–Crippen LogP) is 3.13. The van der Waals surface area contributed by atoms with Gasteiger partial charge in [0.15, 0.2) is 0 Å². The Bertz CT molecular complexity index is 579. The first-order valence-electron chi connectivity index (χ1n) is 5.38. The van der Waals surface area contributed by atoms with E-state index in [1.807, 2.05) is 0 Å². The first-order valence-corrected chi connectivity index (χ1v) is 5.38. The molecule has 0 saturated heterocycles. The summed E-state index contributed by atoms with van der Waals surface area (Å²) in [6, 6.07) is 4.19. The standard InChI is InChI=1S/C12H11F3N2/c13-12(14,15)8-3-1-2-7-9(6-17-10(7)8)11(16)4-5-11/h1-3,6,17H,4-5,16H2. The van der Waals surface area contributed by atoms with Crippen LogP contribution in [-0.2, 0) is 11.7 Å². The van der Waals surface area contributed by atoms with Crippen molar-refractivity contribution in [1.82, 2.24) is 4.98 Å². The topological polar surface area (TPSA) is 41.8 Å². The van der Waals surface area contributed by atoms with Crippen molar-refractivity contribution in [2.45, 2.75) is 24.6 Å². The maximum Gasteiger partial charge on any atom is 0.418 e. The molecule has 17 heavy (non-hydrogen) atoms. The number of nitrogens with two attached hydrogens (primary N) is 1. The normalized spacial score (nSPS) is 18.6. The van der Waals surface area contributed by atoms with Crippen molar-refractivity contribution in [2.24, 2.45) is 5.73 Å². The number of H-pyrrole nitrogens is 1. The van der Waals surface area contributed by atoms with E-state index in [4.69, 9.17) is 5.73 Å². The summed E-state index contributed by atoms with van der Waals surface area (Å²) in [5.41, 5.74) is 5.90. The van der Waals surface area contributed by atoms with E-state index >= 15 is 0 Å². The molecule has 1 saturated carbocycles. The largest absolute Gasteiger partial charge is 0.418 e. The SMILES string of the molecule is NC1(c2c[nH]c3c(C(F)(F)F)cccc23)CC1. The summed E-state index contributed by atoms with van der Waals surface area (Å²) in [6.45, 7) is 0. The predicted molar refractivity (Wildman–Crippen MR) is 58.4 cm³/mol. The summed E-state index contributed by atoms with van der Waals surface area (Å²) in [6.07, 6.45) is -1.08. The molecule has 0 radical (unpaired) electrons. The number of hydrogen-bond donors (Lipinski definition) is 2. The lowest BCUT2D eigenvalue weighted by atomic mass is 10.0. The highest BCUT2D eigenvalue weighted by molar-refractivity contribution is 5.87. The summed E-state index contributed by atoms with van der Waals surface area (Å²) in [4.78, 5) is 2.71. The Balaban J connectivity index is 2.26. The van der Waals surface area contributed by atoms with Crippen LogP contribution in [0.4, 0.5) is 13.2 Å². The zero-order valence-corrected chi connectivity index (χ0v) is 8.93. The van der Waals surface area contributed by atoms with Gasteiger partial charge in [-0.15, -0.1) is 0 Å². The highest BCUT2D eigenvalue weighted by Gasteiger charge is 2.42. The van der Waals surface area contributed by atoms with Gasteiger partial charge in [-0.3, -0.25) is 0 Å². The van der Waals surface area contributed by atoms with E-state index in [1.54, 1.807) is 12.3 Å². The van der Waals surface area contributed by atoms with Crippen molar-refractivity contribution < 1.29 is 13.2 Å². The maximum atomic E-state index is 12.8. The number of aromatic nitrogens is 1. The van der Waals surface area contributed by atoms with Crippen LogP contribution >= 0.6 is 0 Å². The van der Waals surface area contributed by atoms with E-state index in [2.05, 4.69) is 4.98 Å². The average Bonchev–Trinajstić information content (AvgIpc) is 2.84. The average molecular weight is 240 g/mol. The molecule has 2 nitrogen and oxygen atoms in total. The minimum atomic E-state index is -4.34. The summed E-state index contributed by atoms with van der Waals surface area (Å²) in [5.74, 6) is 0. The molecule has 0 spiro atoms. The van der Waals surface area contributed by atoms with E-state index in [9.17, 15) is 13.2 Å². The number of alkyl halides is 3. The van der Waals surface area contributed by atoms with Crippen molar-refractivity contribution in [1.29, 1.82) is 0 Å². The van der Waals surface area contributed by atoms with Crippen LogP contribution in [0, 0.1) is 0 Å². The van der Waals surface area contributed by atoms with Crippen molar-refractivity contribution >= 4 is 10.9 Å². The minimum Gasteiger partial charge on any atom is -0.360 e. The second-order valence-electron chi connectivity index (χ2n) is 4.58. The third kappa shape index (κ3) is 1.53. The van der Waals surface area contributed by atoms with Gasteiger partial charge in [0, 0.05) is 17.1 Å². The first kappa shape index (κ1) is 10.7. The molecule has 1 aliphatic rings. The van der Waals surface area contributed by atoms with E-state index in [0.717, 1.165) is 24.5 Å². The molecule has 90 valence electrons. The molecule has 3 N–H and O–H groups in total. The van der Waals surface area contributed by atoms with Crippen molar-refractivity contribution in [3.05, 3.63) is 35.5 Å². The fraction of sp³-hybridized carbons (Fsp3) is 0.333. The lowest BCUT2D eigenvalue weighted by Gasteiger charge is -2.09. The molecular formula is C12H11F3N2. The Morgan fingerprint density at radius 3 is 2.53 bits per heavy atom. The number of halogens is 3. The Morgan fingerprint density at radius 1 is 1.24 bits per heavy atom. The van der Waals surface area contributed by atoms with Gasteiger partial charge >= 0.3 is 6.18 Å². The van der Waals surface area contributed by atoms with E-state index < -0.39 is 17.3 Å². The molecule has 0 amide bonds. The third-order valence-electron chi connectivity index (χ3n) is 3.35. The van der Waals surface area contributed by atoms with Crippen LogP contribution < -0.4 is 5.73 Å².